The second kappa shape index (κ2) is 6.79. The lowest BCUT2D eigenvalue weighted by molar-refractivity contribution is 0.598. The van der Waals surface area contributed by atoms with Gasteiger partial charge in [-0.15, -0.1) is 0 Å². The molecule has 0 aliphatic heterocycles. The average molecular weight is 344 g/mol. The number of sulfone groups is 1. The molecule has 0 aromatic heterocycles. The Morgan fingerprint density at radius 2 is 1.67 bits per heavy atom. The minimum atomic E-state index is -3.30. The lowest BCUT2D eigenvalue weighted by Crippen LogP contribution is -2.15. The van der Waals surface area contributed by atoms with Crippen LogP contribution < -0.4 is 5.32 Å². The minimum absolute atomic E-state index is 0.263. The van der Waals surface area contributed by atoms with Gasteiger partial charge in [-0.05, 0) is 29.8 Å². The van der Waals surface area contributed by atoms with E-state index in [1.165, 1.54) is 6.26 Å². The van der Waals surface area contributed by atoms with Crippen molar-refractivity contribution in [2.75, 3.05) is 6.26 Å². The topological polar surface area (TPSA) is 46.2 Å². The summed E-state index contributed by atoms with van der Waals surface area (Å²) in [5.41, 5.74) is 1.66. The Bertz CT molecular complexity index is 728. The smallest absolute Gasteiger partial charge is 0.175 e. The summed E-state index contributed by atoms with van der Waals surface area (Å²) in [6.07, 6.45) is 1.18. The zero-order valence-corrected chi connectivity index (χ0v) is 13.8. The van der Waals surface area contributed by atoms with Gasteiger partial charge in [0.25, 0.3) is 0 Å². The maximum atomic E-state index is 11.8. The van der Waals surface area contributed by atoms with E-state index in [4.69, 9.17) is 23.2 Å². The largest absolute Gasteiger partial charge is 0.309 e. The quantitative estimate of drug-likeness (QED) is 0.900. The fourth-order valence-electron chi connectivity index (χ4n) is 1.99. The van der Waals surface area contributed by atoms with Crippen molar-refractivity contribution in [1.29, 1.82) is 0 Å². The zero-order valence-electron chi connectivity index (χ0n) is 11.4. The van der Waals surface area contributed by atoms with Gasteiger partial charge in [0.2, 0.25) is 0 Å². The molecule has 0 saturated carbocycles. The molecule has 6 heteroatoms. The summed E-state index contributed by atoms with van der Waals surface area (Å²) in [6.45, 7) is 0.982. The second-order valence-electron chi connectivity index (χ2n) is 4.72. The van der Waals surface area contributed by atoms with Gasteiger partial charge in [0.05, 0.1) is 4.90 Å². The molecule has 21 heavy (non-hydrogen) atoms. The van der Waals surface area contributed by atoms with Crippen molar-refractivity contribution in [2.45, 2.75) is 18.0 Å². The van der Waals surface area contributed by atoms with E-state index in [2.05, 4.69) is 5.32 Å². The molecular formula is C15H15Cl2NO2S. The summed E-state index contributed by atoms with van der Waals surface area (Å²) < 4.78 is 23.6. The molecule has 0 heterocycles. The number of nitrogens with one attached hydrogen (secondary N) is 1. The van der Waals surface area contributed by atoms with Gasteiger partial charge in [-0.3, -0.25) is 0 Å². The summed E-state index contributed by atoms with van der Waals surface area (Å²) in [4.78, 5) is 0.263. The predicted octanol–water partition coefficient (Wildman–Crippen LogP) is 3.69. The third kappa shape index (κ3) is 4.45. The number of hydrogen-bond donors (Lipinski definition) is 1. The fourth-order valence-corrected chi connectivity index (χ4v) is 3.37. The van der Waals surface area contributed by atoms with Crippen LogP contribution in [0.1, 0.15) is 11.1 Å². The van der Waals surface area contributed by atoms with E-state index >= 15 is 0 Å². The van der Waals surface area contributed by atoms with Crippen molar-refractivity contribution in [3.8, 4) is 0 Å². The Kier molecular flexibility index (Phi) is 5.27. The second-order valence-corrected chi connectivity index (χ2v) is 7.55. The van der Waals surface area contributed by atoms with Crippen LogP contribution in [0.3, 0.4) is 0 Å². The Morgan fingerprint density at radius 3 is 2.29 bits per heavy atom. The molecule has 0 aliphatic carbocycles. The molecule has 0 unspecified atom stereocenters. The summed E-state index contributed by atoms with van der Waals surface area (Å²) in [5, 5.41) is 4.33. The van der Waals surface area contributed by atoms with Crippen LogP contribution in [0.2, 0.25) is 10.0 Å². The summed E-state index contributed by atoms with van der Waals surface area (Å²) in [5.74, 6) is 0. The van der Waals surface area contributed by atoms with Crippen LogP contribution in [0.25, 0.3) is 0 Å². The van der Waals surface area contributed by atoms with Crippen LogP contribution >= 0.6 is 23.2 Å². The summed E-state index contributed by atoms with van der Waals surface area (Å²) >= 11 is 11.9. The first-order valence-corrected chi connectivity index (χ1v) is 8.95. The Balaban J connectivity index is 2.11. The lowest BCUT2D eigenvalue weighted by Gasteiger charge is -2.11. The molecule has 0 radical (unpaired) electrons. The molecule has 2 aromatic carbocycles. The highest BCUT2D eigenvalue weighted by Crippen LogP contribution is 2.24. The predicted molar refractivity (Wildman–Crippen MR) is 86.6 cm³/mol. The highest BCUT2D eigenvalue weighted by atomic mass is 35.5. The van der Waals surface area contributed by atoms with E-state index in [9.17, 15) is 8.42 Å². The van der Waals surface area contributed by atoms with E-state index in [1.54, 1.807) is 18.2 Å². The highest BCUT2D eigenvalue weighted by molar-refractivity contribution is 7.90. The van der Waals surface area contributed by atoms with Crippen molar-refractivity contribution in [1.82, 2.24) is 5.32 Å². The molecule has 112 valence electrons. The van der Waals surface area contributed by atoms with Gasteiger partial charge in [-0.2, -0.15) is 0 Å². The van der Waals surface area contributed by atoms with E-state index in [0.717, 1.165) is 5.56 Å². The van der Waals surface area contributed by atoms with Crippen molar-refractivity contribution < 1.29 is 8.42 Å². The zero-order chi connectivity index (χ0) is 15.5. The molecule has 0 aliphatic rings. The Morgan fingerprint density at radius 1 is 1.00 bits per heavy atom. The molecule has 2 rings (SSSR count). The Hall–Kier alpha value is -1.07. The first-order chi connectivity index (χ1) is 9.88. The molecule has 0 fully saturated rings. The molecule has 0 atom stereocenters. The molecule has 0 saturated heterocycles. The molecule has 3 nitrogen and oxygen atoms in total. The van der Waals surface area contributed by atoms with Gasteiger partial charge in [0.1, 0.15) is 0 Å². The van der Waals surface area contributed by atoms with Crippen molar-refractivity contribution in [2.24, 2.45) is 0 Å². The normalized spacial score (nSPS) is 11.6. The summed E-state index contributed by atoms with van der Waals surface area (Å²) in [7, 11) is -3.30. The first kappa shape index (κ1) is 16.3. The van der Waals surface area contributed by atoms with Gasteiger partial charge in [-0.25, -0.2) is 8.42 Å². The Labute approximate surface area is 134 Å². The number of benzene rings is 2. The minimum Gasteiger partial charge on any atom is -0.309 e. The number of rotatable bonds is 5. The van der Waals surface area contributed by atoms with E-state index < -0.39 is 9.84 Å². The van der Waals surface area contributed by atoms with Crippen LogP contribution in [0.15, 0.2) is 47.4 Å². The monoisotopic (exact) mass is 343 g/mol. The van der Waals surface area contributed by atoms with Crippen LogP contribution in [-0.4, -0.2) is 14.7 Å². The highest BCUT2D eigenvalue weighted by Gasteiger charge is 2.15. The van der Waals surface area contributed by atoms with Gasteiger partial charge in [-0.1, -0.05) is 41.4 Å². The molecule has 0 amide bonds. The van der Waals surface area contributed by atoms with Crippen LogP contribution in [-0.2, 0) is 22.9 Å². The maximum Gasteiger partial charge on any atom is 0.175 e. The van der Waals surface area contributed by atoms with Crippen molar-refractivity contribution in [3.63, 3.8) is 0 Å². The first-order valence-electron chi connectivity index (χ1n) is 6.30. The maximum absolute atomic E-state index is 11.8. The molecule has 0 spiro atoms. The molecule has 0 bridgehead atoms. The number of halogens is 2. The average Bonchev–Trinajstić information content (AvgIpc) is 2.41. The van der Waals surface area contributed by atoms with Gasteiger partial charge >= 0.3 is 0 Å². The standard InChI is InChI=1S/C15H15Cl2NO2S/c1-21(19,20)15-4-2-3-14(17)13(15)10-18-9-11-5-7-12(16)8-6-11/h2-8,18H,9-10H2,1H3. The van der Waals surface area contributed by atoms with Gasteiger partial charge in [0.15, 0.2) is 9.84 Å². The van der Waals surface area contributed by atoms with Crippen LogP contribution in [0, 0.1) is 0 Å². The molecule has 2 aromatic rings. The van der Waals surface area contributed by atoms with Crippen LogP contribution in [0.5, 0.6) is 0 Å². The summed E-state index contributed by atoms with van der Waals surface area (Å²) in [6, 6.07) is 12.4. The number of hydrogen-bond acceptors (Lipinski definition) is 3. The van der Waals surface area contributed by atoms with Gasteiger partial charge in [0, 0.05) is 35.0 Å². The SMILES string of the molecule is CS(=O)(=O)c1cccc(Cl)c1CNCc1ccc(Cl)cc1. The third-order valence-corrected chi connectivity index (χ3v) is 4.81. The lowest BCUT2D eigenvalue weighted by atomic mass is 10.2. The fraction of sp³-hybridized carbons (Fsp3) is 0.200. The van der Waals surface area contributed by atoms with Gasteiger partial charge < -0.3 is 5.32 Å². The van der Waals surface area contributed by atoms with Crippen molar-refractivity contribution >= 4 is 33.0 Å². The van der Waals surface area contributed by atoms with Crippen LogP contribution in [0.4, 0.5) is 0 Å². The van der Waals surface area contributed by atoms with E-state index in [0.29, 0.717) is 28.7 Å². The third-order valence-electron chi connectivity index (χ3n) is 3.02. The van der Waals surface area contributed by atoms with Crippen molar-refractivity contribution in [3.05, 3.63) is 63.6 Å². The van der Waals surface area contributed by atoms with E-state index in [-0.39, 0.29) is 4.90 Å². The molecular weight excluding hydrogens is 329 g/mol. The molecule has 1 N–H and O–H groups in total. The van der Waals surface area contributed by atoms with E-state index in [1.807, 2.05) is 24.3 Å².